The van der Waals surface area contributed by atoms with E-state index >= 15 is 0 Å². The van der Waals surface area contributed by atoms with Gasteiger partial charge in [-0.25, -0.2) is 8.42 Å². The zero-order valence-corrected chi connectivity index (χ0v) is 21.4. The predicted molar refractivity (Wildman–Crippen MR) is 134 cm³/mol. The number of H-pyrrole nitrogens is 1. The Labute approximate surface area is 217 Å². The molecule has 0 radical (unpaired) electrons. The largest absolute Gasteiger partial charge is 0.417 e. The Morgan fingerprint density at radius 2 is 2.00 bits per heavy atom. The van der Waals surface area contributed by atoms with E-state index in [1.54, 1.807) is 6.20 Å². The normalized spacial score (nSPS) is 24.3. The maximum absolute atomic E-state index is 14.1. The second-order valence-corrected chi connectivity index (χ2v) is 11.8. The van der Waals surface area contributed by atoms with Crippen molar-refractivity contribution in [2.45, 2.75) is 56.8 Å². The molecule has 0 saturated heterocycles. The summed E-state index contributed by atoms with van der Waals surface area (Å²) in [7, 11) is -2.56. The number of pyridine rings is 1. The SMILES string of the molecule is CN=CC(=CN)S(=O)(=O)N(C1CC1)[C@H]1CCC2=Cc3[nH]ncc3C[C@]2(C(=O)c2ccc(C(F)(F)F)cn2)C1. The monoisotopic (exact) mass is 548 g/mol. The maximum Gasteiger partial charge on any atom is 0.417 e. The molecule has 2 fully saturated rings. The summed E-state index contributed by atoms with van der Waals surface area (Å²) >= 11 is 0. The molecule has 202 valence electrons. The predicted octanol–water partition coefficient (Wildman–Crippen LogP) is 3.48. The Kier molecular flexibility index (Phi) is 6.54. The molecule has 0 bridgehead atoms. The van der Waals surface area contributed by atoms with Crippen LogP contribution < -0.4 is 5.73 Å². The number of sulfonamides is 1. The minimum atomic E-state index is -4.58. The van der Waals surface area contributed by atoms with Crippen molar-refractivity contribution in [3.05, 3.63) is 63.7 Å². The molecule has 0 amide bonds. The number of hydrogen-bond acceptors (Lipinski definition) is 7. The lowest BCUT2D eigenvalue weighted by Gasteiger charge is -2.46. The molecule has 13 heteroatoms. The van der Waals surface area contributed by atoms with Crippen LogP contribution in [0.1, 0.15) is 59.4 Å². The lowest BCUT2D eigenvalue weighted by atomic mass is 9.60. The highest BCUT2D eigenvalue weighted by atomic mass is 32.2. The van der Waals surface area contributed by atoms with Crippen molar-refractivity contribution in [2.24, 2.45) is 16.1 Å². The number of aliphatic imine (C=N–C) groups is 1. The van der Waals surface area contributed by atoms with Gasteiger partial charge in [-0.15, -0.1) is 0 Å². The molecule has 0 aliphatic heterocycles. The first-order chi connectivity index (χ1) is 18.0. The van der Waals surface area contributed by atoms with E-state index in [0.29, 0.717) is 31.9 Å². The molecule has 0 spiro atoms. The number of aromatic amines is 1. The molecular weight excluding hydrogens is 521 g/mol. The second-order valence-electron chi connectivity index (χ2n) is 9.92. The van der Waals surface area contributed by atoms with Crippen molar-refractivity contribution in [2.75, 3.05) is 7.05 Å². The average Bonchev–Trinajstić information content (AvgIpc) is 3.60. The van der Waals surface area contributed by atoms with E-state index in [4.69, 9.17) is 5.73 Å². The molecule has 2 aromatic rings. The van der Waals surface area contributed by atoms with Gasteiger partial charge in [0.25, 0.3) is 0 Å². The van der Waals surface area contributed by atoms with Crippen LogP contribution in [-0.2, 0) is 22.6 Å². The molecule has 9 nitrogen and oxygen atoms in total. The van der Waals surface area contributed by atoms with Crippen LogP contribution in [0.4, 0.5) is 13.2 Å². The quantitative estimate of drug-likeness (QED) is 0.402. The molecule has 0 aromatic carbocycles. The van der Waals surface area contributed by atoms with Gasteiger partial charge in [-0.05, 0) is 62.3 Å². The van der Waals surface area contributed by atoms with Crippen molar-refractivity contribution in [1.29, 1.82) is 0 Å². The summed E-state index contributed by atoms with van der Waals surface area (Å²) in [5.41, 5.74) is 5.75. The highest BCUT2D eigenvalue weighted by Gasteiger charge is 2.53. The minimum Gasteiger partial charge on any atom is -0.403 e. The minimum absolute atomic E-state index is 0.0991. The van der Waals surface area contributed by atoms with Gasteiger partial charge in [0.15, 0.2) is 5.78 Å². The Bertz CT molecular complexity index is 1440. The molecule has 5 rings (SSSR count). The zero-order valence-electron chi connectivity index (χ0n) is 20.6. The second kappa shape index (κ2) is 9.45. The standard InChI is InChI=1S/C25H27F3N6O3S/c1-30-14-20(11-29)38(36,37)34(18-5-6-18)19-4-2-16-8-22-15(12-32-33-22)9-24(16,10-19)23(35)21-7-3-17(13-31-21)25(26,27)28/h3,7-8,11-14,18-19H,2,4-6,9-10,29H2,1H3,(H,32,33)/t19-,24-/m0/s1. The number of Topliss-reactive ketones (excluding diaryl/α,β-unsaturated/α-hetero) is 1. The van der Waals surface area contributed by atoms with Crippen LogP contribution in [0.2, 0.25) is 0 Å². The van der Waals surface area contributed by atoms with E-state index in [0.717, 1.165) is 35.2 Å². The third-order valence-electron chi connectivity index (χ3n) is 7.53. The molecule has 2 aromatic heterocycles. The van der Waals surface area contributed by atoms with Crippen LogP contribution in [0.25, 0.3) is 6.08 Å². The number of carbonyl (C=O) groups excluding carboxylic acids is 1. The van der Waals surface area contributed by atoms with E-state index in [9.17, 15) is 26.4 Å². The third kappa shape index (κ3) is 4.47. The fourth-order valence-corrected chi connectivity index (χ4v) is 7.45. The van der Waals surface area contributed by atoms with E-state index in [-0.39, 0.29) is 29.5 Å². The fourth-order valence-electron chi connectivity index (χ4n) is 5.62. The van der Waals surface area contributed by atoms with Gasteiger partial charge in [-0.2, -0.15) is 22.6 Å². The van der Waals surface area contributed by atoms with E-state index in [1.165, 1.54) is 17.6 Å². The number of nitrogens with two attached hydrogens (primary N) is 1. The Morgan fingerprint density at radius 3 is 2.61 bits per heavy atom. The van der Waals surface area contributed by atoms with Gasteiger partial charge < -0.3 is 5.73 Å². The van der Waals surface area contributed by atoms with Gasteiger partial charge in [-0.1, -0.05) is 5.57 Å². The molecule has 2 atom stereocenters. The molecule has 0 unspecified atom stereocenters. The number of aromatic nitrogens is 3. The van der Waals surface area contributed by atoms with Gasteiger partial charge >= 0.3 is 6.18 Å². The number of nitrogens with zero attached hydrogens (tertiary/aromatic N) is 4. The van der Waals surface area contributed by atoms with Gasteiger partial charge in [0, 0.05) is 37.7 Å². The summed E-state index contributed by atoms with van der Waals surface area (Å²) in [6.45, 7) is 0. The topological polar surface area (TPSA) is 134 Å². The summed E-state index contributed by atoms with van der Waals surface area (Å²) in [6.07, 6.45) is 4.42. The highest BCUT2D eigenvalue weighted by Crippen LogP contribution is 2.52. The molecule has 3 aliphatic rings. The molecule has 38 heavy (non-hydrogen) atoms. The number of rotatable bonds is 7. The van der Waals surface area contributed by atoms with Crippen LogP contribution in [-0.4, -0.2) is 59.0 Å². The Morgan fingerprint density at radius 1 is 1.24 bits per heavy atom. The lowest BCUT2D eigenvalue weighted by Crippen LogP contribution is -2.51. The summed E-state index contributed by atoms with van der Waals surface area (Å²) in [4.78, 5) is 21.7. The highest BCUT2D eigenvalue weighted by molar-refractivity contribution is 7.94. The van der Waals surface area contributed by atoms with Crippen LogP contribution in [0.3, 0.4) is 0 Å². The lowest BCUT2D eigenvalue weighted by molar-refractivity contribution is -0.137. The number of halogens is 3. The number of alkyl halides is 3. The first-order valence-corrected chi connectivity index (χ1v) is 13.6. The van der Waals surface area contributed by atoms with Crippen LogP contribution >= 0.6 is 0 Å². The van der Waals surface area contributed by atoms with Crippen molar-refractivity contribution in [3.8, 4) is 0 Å². The van der Waals surface area contributed by atoms with Crippen molar-refractivity contribution < 1.29 is 26.4 Å². The molecule has 3 N–H and O–H groups in total. The number of carbonyl (C=O) groups is 1. The van der Waals surface area contributed by atoms with Crippen LogP contribution in [0.15, 0.2) is 46.2 Å². The molecule has 2 saturated carbocycles. The molecule has 3 aliphatic carbocycles. The first kappa shape index (κ1) is 26.3. The summed E-state index contributed by atoms with van der Waals surface area (Å²) in [6, 6.07) is 1.18. The number of nitrogens with one attached hydrogen (secondary N) is 1. The molecular formula is C25H27F3N6O3S. The smallest absolute Gasteiger partial charge is 0.403 e. The van der Waals surface area contributed by atoms with Crippen molar-refractivity contribution >= 4 is 28.1 Å². The van der Waals surface area contributed by atoms with Gasteiger partial charge in [-0.3, -0.25) is 19.9 Å². The van der Waals surface area contributed by atoms with Crippen molar-refractivity contribution in [3.63, 3.8) is 0 Å². The Hall–Kier alpha value is -3.32. The molecule has 2 heterocycles. The third-order valence-corrected chi connectivity index (χ3v) is 9.52. The van der Waals surface area contributed by atoms with E-state index < -0.39 is 39.0 Å². The summed E-state index contributed by atoms with van der Waals surface area (Å²) < 4.78 is 68.2. The number of ketones is 1. The van der Waals surface area contributed by atoms with Gasteiger partial charge in [0.2, 0.25) is 10.0 Å². The van der Waals surface area contributed by atoms with Gasteiger partial charge in [0.1, 0.15) is 10.6 Å². The fraction of sp³-hybridized carbons (Fsp3) is 0.440. The van der Waals surface area contributed by atoms with E-state index in [2.05, 4.69) is 20.2 Å². The number of hydrogen-bond donors (Lipinski definition) is 2. The Balaban J connectivity index is 1.56. The van der Waals surface area contributed by atoms with E-state index in [1.807, 2.05) is 6.08 Å². The summed E-state index contributed by atoms with van der Waals surface area (Å²) in [5.74, 6) is -0.438. The van der Waals surface area contributed by atoms with Crippen molar-refractivity contribution in [1.82, 2.24) is 19.5 Å². The number of allylic oxidation sites excluding steroid dienone is 2. The van der Waals surface area contributed by atoms with Gasteiger partial charge in [0.05, 0.1) is 22.9 Å². The first-order valence-electron chi connectivity index (χ1n) is 12.2. The average molecular weight is 549 g/mol. The summed E-state index contributed by atoms with van der Waals surface area (Å²) in [5, 5.41) is 7.00. The van der Waals surface area contributed by atoms with Crippen LogP contribution in [0, 0.1) is 5.41 Å². The zero-order chi connectivity index (χ0) is 27.3. The number of fused-ring (bicyclic) bond motifs is 2. The van der Waals surface area contributed by atoms with Crippen LogP contribution in [0.5, 0.6) is 0 Å². The maximum atomic E-state index is 14.1.